The highest BCUT2D eigenvalue weighted by Crippen LogP contribution is 2.29. The molecular formula is C17H26F3N. The van der Waals surface area contributed by atoms with E-state index in [0.717, 1.165) is 12.8 Å². The van der Waals surface area contributed by atoms with Gasteiger partial charge in [-0.3, -0.25) is 0 Å². The Morgan fingerprint density at radius 1 is 0.952 bits per heavy atom. The molecule has 1 rings (SSSR count). The Bertz CT molecular complexity index is 362. The fraction of sp³-hybridized carbons (Fsp3) is 0.647. The van der Waals surface area contributed by atoms with Crippen LogP contribution in [-0.2, 0) is 0 Å². The lowest BCUT2D eigenvalue weighted by Crippen LogP contribution is -2.27. The third kappa shape index (κ3) is 8.76. The van der Waals surface area contributed by atoms with Crippen LogP contribution in [0.5, 0.6) is 0 Å². The van der Waals surface area contributed by atoms with Crippen LogP contribution in [0.2, 0.25) is 0 Å². The van der Waals surface area contributed by atoms with Crippen LogP contribution in [0.15, 0.2) is 30.3 Å². The van der Waals surface area contributed by atoms with Gasteiger partial charge in [-0.05, 0) is 18.5 Å². The summed E-state index contributed by atoms with van der Waals surface area (Å²) in [7, 11) is 0. The number of halogens is 3. The first-order valence-electron chi connectivity index (χ1n) is 7.88. The van der Waals surface area contributed by atoms with Gasteiger partial charge < -0.3 is 5.32 Å². The van der Waals surface area contributed by atoms with Gasteiger partial charge in [0.1, 0.15) is 0 Å². The first kappa shape index (κ1) is 18.0. The number of hydrogen-bond donors (Lipinski definition) is 1. The molecule has 0 aromatic heterocycles. The van der Waals surface area contributed by atoms with Gasteiger partial charge in [0.25, 0.3) is 0 Å². The van der Waals surface area contributed by atoms with Gasteiger partial charge in [0.05, 0.1) is 6.42 Å². The second-order valence-electron chi connectivity index (χ2n) is 5.50. The van der Waals surface area contributed by atoms with E-state index in [4.69, 9.17) is 0 Å². The maximum absolute atomic E-state index is 12.7. The molecule has 1 nitrogen and oxygen atoms in total. The Morgan fingerprint density at radius 2 is 1.57 bits per heavy atom. The molecule has 0 aliphatic heterocycles. The molecule has 1 aromatic carbocycles. The maximum atomic E-state index is 12.7. The fourth-order valence-electron chi connectivity index (χ4n) is 2.41. The topological polar surface area (TPSA) is 12.0 Å². The quantitative estimate of drug-likeness (QED) is 0.552. The molecule has 0 saturated carbocycles. The largest absolute Gasteiger partial charge is 0.390 e. The molecular weight excluding hydrogens is 275 g/mol. The van der Waals surface area contributed by atoms with E-state index in [2.05, 4.69) is 12.2 Å². The minimum Gasteiger partial charge on any atom is -0.310 e. The van der Waals surface area contributed by atoms with Crippen molar-refractivity contribution in [3.63, 3.8) is 0 Å². The monoisotopic (exact) mass is 301 g/mol. The highest BCUT2D eigenvalue weighted by Gasteiger charge is 2.32. The zero-order valence-electron chi connectivity index (χ0n) is 12.8. The number of nitrogens with one attached hydrogen (secondary N) is 1. The molecule has 0 aliphatic carbocycles. The normalized spacial score (nSPS) is 13.3. The molecule has 0 aliphatic rings. The van der Waals surface area contributed by atoms with Crippen molar-refractivity contribution in [1.29, 1.82) is 0 Å². The lowest BCUT2D eigenvalue weighted by atomic mass is 10.0. The standard InChI is InChI=1S/C17H26F3N/c1-2-3-4-5-6-10-13-21-16(14-17(18,19)20)15-11-8-7-9-12-15/h7-9,11-12,16,21H,2-6,10,13-14H2,1H3. The second-order valence-corrected chi connectivity index (χ2v) is 5.50. The van der Waals surface area contributed by atoms with Gasteiger partial charge >= 0.3 is 6.18 Å². The predicted molar refractivity (Wildman–Crippen MR) is 81.2 cm³/mol. The Morgan fingerprint density at radius 3 is 2.19 bits per heavy atom. The Hall–Kier alpha value is -1.03. The van der Waals surface area contributed by atoms with Crippen molar-refractivity contribution in [2.24, 2.45) is 0 Å². The second kappa shape index (κ2) is 9.82. The zero-order chi connectivity index (χ0) is 15.6. The van der Waals surface area contributed by atoms with E-state index in [1.165, 1.54) is 25.7 Å². The van der Waals surface area contributed by atoms with Gasteiger partial charge in [-0.15, -0.1) is 0 Å². The molecule has 120 valence electrons. The van der Waals surface area contributed by atoms with Crippen molar-refractivity contribution in [3.05, 3.63) is 35.9 Å². The lowest BCUT2D eigenvalue weighted by molar-refractivity contribution is -0.140. The molecule has 1 unspecified atom stereocenters. The molecule has 0 saturated heterocycles. The third-order valence-corrected chi connectivity index (χ3v) is 3.56. The van der Waals surface area contributed by atoms with E-state index in [9.17, 15) is 13.2 Å². The summed E-state index contributed by atoms with van der Waals surface area (Å²) in [5.41, 5.74) is 0.709. The van der Waals surface area contributed by atoms with Crippen LogP contribution < -0.4 is 5.32 Å². The van der Waals surface area contributed by atoms with Crippen molar-refractivity contribution in [1.82, 2.24) is 5.32 Å². The summed E-state index contributed by atoms with van der Waals surface area (Å²) in [5.74, 6) is 0. The summed E-state index contributed by atoms with van der Waals surface area (Å²) in [6, 6.07) is 8.26. The van der Waals surface area contributed by atoms with Gasteiger partial charge in [-0.2, -0.15) is 13.2 Å². The minimum absolute atomic E-state index is 0.637. The van der Waals surface area contributed by atoms with Crippen molar-refractivity contribution < 1.29 is 13.2 Å². The van der Waals surface area contributed by atoms with E-state index < -0.39 is 18.6 Å². The average Bonchev–Trinajstić information content (AvgIpc) is 2.45. The molecule has 0 radical (unpaired) electrons. The van der Waals surface area contributed by atoms with Crippen molar-refractivity contribution in [3.8, 4) is 0 Å². The number of benzene rings is 1. The number of rotatable bonds is 10. The molecule has 0 amide bonds. The summed E-state index contributed by atoms with van der Waals surface area (Å²) in [6.45, 7) is 2.81. The molecule has 0 fully saturated rings. The number of unbranched alkanes of at least 4 members (excludes halogenated alkanes) is 5. The Balaban J connectivity index is 2.37. The van der Waals surface area contributed by atoms with E-state index in [1.807, 2.05) is 6.07 Å². The van der Waals surface area contributed by atoms with Crippen LogP contribution in [0.3, 0.4) is 0 Å². The van der Waals surface area contributed by atoms with E-state index in [0.29, 0.717) is 12.1 Å². The van der Waals surface area contributed by atoms with Gasteiger partial charge in [0.2, 0.25) is 0 Å². The van der Waals surface area contributed by atoms with Crippen LogP contribution in [-0.4, -0.2) is 12.7 Å². The molecule has 1 N–H and O–H groups in total. The molecule has 0 heterocycles. The predicted octanol–water partition coefficient (Wildman–Crippen LogP) is 5.63. The number of hydrogen-bond acceptors (Lipinski definition) is 1. The average molecular weight is 301 g/mol. The molecule has 0 spiro atoms. The molecule has 4 heteroatoms. The maximum Gasteiger partial charge on any atom is 0.390 e. The molecule has 21 heavy (non-hydrogen) atoms. The van der Waals surface area contributed by atoms with Crippen molar-refractivity contribution in [2.75, 3.05) is 6.54 Å². The first-order chi connectivity index (χ1) is 10.0. The first-order valence-corrected chi connectivity index (χ1v) is 7.88. The lowest BCUT2D eigenvalue weighted by Gasteiger charge is -2.20. The number of alkyl halides is 3. The van der Waals surface area contributed by atoms with Crippen LogP contribution in [0, 0.1) is 0 Å². The Kier molecular flexibility index (Phi) is 8.43. The minimum atomic E-state index is -4.14. The van der Waals surface area contributed by atoms with Crippen LogP contribution in [0.1, 0.15) is 63.5 Å². The van der Waals surface area contributed by atoms with Crippen LogP contribution >= 0.6 is 0 Å². The highest BCUT2D eigenvalue weighted by atomic mass is 19.4. The summed E-state index contributed by atoms with van der Waals surface area (Å²) < 4.78 is 38.0. The fourth-order valence-corrected chi connectivity index (χ4v) is 2.41. The van der Waals surface area contributed by atoms with Gasteiger partial charge in [-0.25, -0.2) is 0 Å². The van der Waals surface area contributed by atoms with Crippen LogP contribution in [0.25, 0.3) is 0 Å². The van der Waals surface area contributed by atoms with E-state index in [1.54, 1.807) is 24.3 Å². The van der Waals surface area contributed by atoms with Gasteiger partial charge in [0.15, 0.2) is 0 Å². The van der Waals surface area contributed by atoms with Crippen molar-refractivity contribution in [2.45, 2.75) is 64.1 Å². The molecule has 0 bridgehead atoms. The summed E-state index contributed by atoms with van der Waals surface area (Å²) in [4.78, 5) is 0. The smallest absolute Gasteiger partial charge is 0.310 e. The SMILES string of the molecule is CCCCCCCCNC(CC(F)(F)F)c1ccccc1. The summed E-state index contributed by atoms with van der Waals surface area (Å²) >= 11 is 0. The molecule has 1 aromatic rings. The Labute approximate surface area is 125 Å². The van der Waals surface area contributed by atoms with Gasteiger partial charge in [-0.1, -0.05) is 69.4 Å². The van der Waals surface area contributed by atoms with E-state index >= 15 is 0 Å². The molecule has 1 atom stereocenters. The van der Waals surface area contributed by atoms with Gasteiger partial charge in [0, 0.05) is 6.04 Å². The highest BCUT2D eigenvalue weighted by molar-refractivity contribution is 5.19. The zero-order valence-corrected chi connectivity index (χ0v) is 12.8. The van der Waals surface area contributed by atoms with Crippen molar-refractivity contribution >= 4 is 0 Å². The van der Waals surface area contributed by atoms with Crippen LogP contribution in [0.4, 0.5) is 13.2 Å². The third-order valence-electron chi connectivity index (χ3n) is 3.56. The summed E-state index contributed by atoms with van der Waals surface area (Å²) in [5, 5.41) is 3.06. The van der Waals surface area contributed by atoms with E-state index in [-0.39, 0.29) is 0 Å². The summed E-state index contributed by atoms with van der Waals surface area (Å²) in [6.07, 6.45) is 1.91.